The van der Waals surface area contributed by atoms with Gasteiger partial charge in [-0.05, 0) is 37.4 Å². The van der Waals surface area contributed by atoms with Crippen LogP contribution in [0.5, 0.6) is 0 Å². The van der Waals surface area contributed by atoms with Gasteiger partial charge in [0.2, 0.25) is 0 Å². The van der Waals surface area contributed by atoms with Gasteiger partial charge in [0, 0.05) is 30.9 Å². The van der Waals surface area contributed by atoms with Crippen LogP contribution >= 0.6 is 0 Å². The lowest BCUT2D eigenvalue weighted by molar-refractivity contribution is 0.356. The first-order valence-corrected chi connectivity index (χ1v) is 6.78. The van der Waals surface area contributed by atoms with E-state index in [0.29, 0.717) is 18.4 Å². The van der Waals surface area contributed by atoms with E-state index >= 15 is 0 Å². The number of nitrogens with zero attached hydrogens (tertiary/aromatic N) is 1. The van der Waals surface area contributed by atoms with E-state index in [1.165, 1.54) is 6.42 Å². The van der Waals surface area contributed by atoms with Crippen molar-refractivity contribution in [3.63, 3.8) is 0 Å². The molecule has 18 heavy (non-hydrogen) atoms. The summed E-state index contributed by atoms with van der Waals surface area (Å²) in [5, 5.41) is 3.06. The summed E-state index contributed by atoms with van der Waals surface area (Å²) in [6.07, 6.45) is 1.27. The van der Waals surface area contributed by atoms with E-state index in [1.54, 1.807) is 6.07 Å². The van der Waals surface area contributed by atoms with E-state index in [-0.39, 0.29) is 5.82 Å². The summed E-state index contributed by atoms with van der Waals surface area (Å²) in [5.41, 5.74) is 1.85. The molecule has 0 aromatic heterocycles. The summed E-state index contributed by atoms with van der Waals surface area (Å²) in [6, 6.07) is 5.40. The topological polar surface area (TPSA) is 15.3 Å². The Hall–Kier alpha value is -1.09. The van der Waals surface area contributed by atoms with Gasteiger partial charge in [-0.25, -0.2) is 4.39 Å². The molecule has 3 heteroatoms. The third kappa shape index (κ3) is 2.83. The number of benzene rings is 1. The summed E-state index contributed by atoms with van der Waals surface area (Å²) in [5.74, 6) is 1.26. The lowest BCUT2D eigenvalue weighted by Gasteiger charge is -2.37. The third-order valence-electron chi connectivity index (χ3n) is 3.66. The fraction of sp³-hybridized carbons (Fsp3) is 0.600. The Labute approximate surface area is 109 Å². The average Bonchev–Trinajstić information content (AvgIpc) is 2.30. The molecule has 0 saturated carbocycles. The highest BCUT2D eigenvalue weighted by molar-refractivity contribution is 5.54. The smallest absolute Gasteiger partial charge is 0.129 e. The van der Waals surface area contributed by atoms with Crippen molar-refractivity contribution < 1.29 is 4.39 Å². The number of hydrogen-bond acceptors (Lipinski definition) is 2. The first-order chi connectivity index (χ1) is 8.61. The van der Waals surface area contributed by atoms with E-state index in [1.807, 2.05) is 19.2 Å². The molecule has 1 saturated heterocycles. The highest BCUT2D eigenvalue weighted by Gasteiger charge is 2.24. The Morgan fingerprint density at radius 3 is 2.56 bits per heavy atom. The van der Waals surface area contributed by atoms with E-state index in [4.69, 9.17) is 0 Å². The molecule has 2 unspecified atom stereocenters. The molecule has 0 radical (unpaired) electrons. The second kappa shape index (κ2) is 5.70. The van der Waals surface area contributed by atoms with Crippen LogP contribution in [0, 0.1) is 17.7 Å². The molecule has 0 spiro atoms. The van der Waals surface area contributed by atoms with Crippen LogP contribution in [0.1, 0.15) is 25.8 Å². The minimum atomic E-state index is -0.104. The number of halogens is 1. The summed E-state index contributed by atoms with van der Waals surface area (Å²) in [6.45, 7) is 7.20. The minimum Gasteiger partial charge on any atom is -0.371 e. The second-order valence-electron chi connectivity index (χ2n) is 5.62. The van der Waals surface area contributed by atoms with Gasteiger partial charge in [0.15, 0.2) is 0 Å². The van der Waals surface area contributed by atoms with Gasteiger partial charge in [-0.15, -0.1) is 0 Å². The van der Waals surface area contributed by atoms with E-state index in [2.05, 4.69) is 24.1 Å². The Morgan fingerprint density at radius 1 is 1.28 bits per heavy atom. The molecule has 1 aliphatic rings. The summed E-state index contributed by atoms with van der Waals surface area (Å²) in [4.78, 5) is 2.34. The second-order valence-corrected chi connectivity index (χ2v) is 5.62. The highest BCUT2D eigenvalue weighted by Crippen LogP contribution is 2.29. The van der Waals surface area contributed by atoms with Crippen LogP contribution in [0.2, 0.25) is 0 Å². The van der Waals surface area contributed by atoms with Crippen LogP contribution in [0.4, 0.5) is 10.1 Å². The summed E-state index contributed by atoms with van der Waals surface area (Å²) in [7, 11) is 1.86. The molecule has 0 aliphatic carbocycles. The molecule has 2 nitrogen and oxygen atoms in total. The molecule has 1 heterocycles. The standard InChI is InChI=1S/C15H23FN2/c1-11-7-12(2)10-18(9-11)15-6-4-5-14(16)13(15)8-17-3/h4-6,11-12,17H,7-10H2,1-3H3. The number of nitrogens with one attached hydrogen (secondary N) is 1. The largest absolute Gasteiger partial charge is 0.371 e. The van der Waals surface area contributed by atoms with E-state index < -0.39 is 0 Å². The number of anilines is 1. The maximum Gasteiger partial charge on any atom is 0.129 e. The van der Waals surface area contributed by atoms with Gasteiger partial charge in [-0.1, -0.05) is 19.9 Å². The van der Waals surface area contributed by atoms with Gasteiger partial charge in [-0.2, -0.15) is 0 Å². The van der Waals surface area contributed by atoms with Crippen LogP contribution in [0.25, 0.3) is 0 Å². The average molecular weight is 250 g/mol. The number of piperidine rings is 1. The molecule has 100 valence electrons. The van der Waals surface area contributed by atoms with Crippen molar-refractivity contribution in [3.05, 3.63) is 29.6 Å². The van der Waals surface area contributed by atoms with Gasteiger partial charge in [0.25, 0.3) is 0 Å². The Balaban J connectivity index is 2.29. The minimum absolute atomic E-state index is 0.104. The monoisotopic (exact) mass is 250 g/mol. The SMILES string of the molecule is CNCc1c(F)cccc1N1CC(C)CC(C)C1. The van der Waals surface area contributed by atoms with Crippen LogP contribution < -0.4 is 10.2 Å². The highest BCUT2D eigenvalue weighted by atomic mass is 19.1. The number of hydrogen-bond donors (Lipinski definition) is 1. The van der Waals surface area contributed by atoms with Gasteiger partial charge in [0.05, 0.1) is 0 Å². The summed E-state index contributed by atoms with van der Waals surface area (Å²) >= 11 is 0. The molecule has 1 aliphatic heterocycles. The fourth-order valence-corrected chi connectivity index (χ4v) is 3.05. The van der Waals surface area contributed by atoms with Crippen LogP contribution in [-0.4, -0.2) is 20.1 Å². The first kappa shape index (κ1) is 13.3. The van der Waals surface area contributed by atoms with Crippen molar-refractivity contribution >= 4 is 5.69 Å². The van der Waals surface area contributed by atoms with E-state index in [0.717, 1.165) is 24.3 Å². The predicted molar refractivity (Wildman–Crippen MR) is 74.3 cm³/mol. The third-order valence-corrected chi connectivity index (χ3v) is 3.66. The fourth-order valence-electron chi connectivity index (χ4n) is 3.05. The van der Waals surface area contributed by atoms with Crippen molar-refractivity contribution in [3.8, 4) is 0 Å². The van der Waals surface area contributed by atoms with Crippen LogP contribution in [-0.2, 0) is 6.54 Å². The first-order valence-electron chi connectivity index (χ1n) is 6.78. The molecule has 1 fully saturated rings. The Morgan fingerprint density at radius 2 is 1.94 bits per heavy atom. The molecule has 1 aromatic rings. The zero-order chi connectivity index (χ0) is 13.1. The predicted octanol–water partition coefficient (Wildman–Crippen LogP) is 3.03. The Kier molecular flexibility index (Phi) is 4.23. The van der Waals surface area contributed by atoms with Crippen molar-refractivity contribution in [1.82, 2.24) is 5.32 Å². The van der Waals surface area contributed by atoms with Gasteiger partial charge >= 0.3 is 0 Å². The molecule has 1 N–H and O–H groups in total. The molecular weight excluding hydrogens is 227 g/mol. The van der Waals surface area contributed by atoms with Crippen LogP contribution in [0.3, 0.4) is 0 Å². The molecular formula is C15H23FN2. The van der Waals surface area contributed by atoms with Crippen molar-refractivity contribution in [2.75, 3.05) is 25.0 Å². The molecule has 1 aromatic carbocycles. The van der Waals surface area contributed by atoms with Crippen molar-refractivity contribution in [2.24, 2.45) is 11.8 Å². The number of rotatable bonds is 3. The van der Waals surface area contributed by atoms with E-state index in [9.17, 15) is 4.39 Å². The maximum absolute atomic E-state index is 13.9. The summed E-state index contributed by atoms with van der Waals surface area (Å²) < 4.78 is 13.9. The molecule has 0 bridgehead atoms. The molecule has 0 amide bonds. The lowest BCUT2D eigenvalue weighted by atomic mass is 9.91. The van der Waals surface area contributed by atoms with Gasteiger partial charge < -0.3 is 10.2 Å². The van der Waals surface area contributed by atoms with Crippen molar-refractivity contribution in [1.29, 1.82) is 0 Å². The normalized spacial score (nSPS) is 24.3. The van der Waals surface area contributed by atoms with Gasteiger partial charge in [0.1, 0.15) is 5.82 Å². The maximum atomic E-state index is 13.9. The lowest BCUT2D eigenvalue weighted by Crippen LogP contribution is -2.39. The molecule has 2 rings (SSSR count). The van der Waals surface area contributed by atoms with Gasteiger partial charge in [-0.3, -0.25) is 0 Å². The molecule has 2 atom stereocenters. The quantitative estimate of drug-likeness (QED) is 0.887. The van der Waals surface area contributed by atoms with Crippen molar-refractivity contribution in [2.45, 2.75) is 26.8 Å². The van der Waals surface area contributed by atoms with Crippen LogP contribution in [0.15, 0.2) is 18.2 Å². The zero-order valence-electron chi connectivity index (χ0n) is 11.5. The Bertz CT molecular complexity index is 395. The zero-order valence-corrected chi connectivity index (χ0v) is 11.5.